The molecule has 0 aliphatic heterocycles. The van der Waals surface area contributed by atoms with Gasteiger partial charge in [-0.15, -0.1) is 0 Å². The number of fused-ring (bicyclic) bond motifs is 2. The van der Waals surface area contributed by atoms with Gasteiger partial charge in [-0.05, 0) is 54.7 Å². The molecule has 3 rings (SSSR count). The normalized spacial score (nSPS) is 28.8. The van der Waals surface area contributed by atoms with Crippen molar-refractivity contribution < 1.29 is 4.79 Å². The van der Waals surface area contributed by atoms with Gasteiger partial charge in [-0.1, -0.05) is 35.7 Å². The number of hydrogen-bond acceptors (Lipinski definition) is 1. The summed E-state index contributed by atoms with van der Waals surface area (Å²) in [4.78, 5) is 12.2. The zero-order valence-corrected chi connectivity index (χ0v) is 12.4. The quantitative estimate of drug-likeness (QED) is 0.770. The minimum absolute atomic E-state index is 0.321. The highest BCUT2D eigenvalue weighted by Crippen LogP contribution is 2.49. The second kappa shape index (κ2) is 5.46. The summed E-state index contributed by atoms with van der Waals surface area (Å²) in [7, 11) is 0. The van der Waals surface area contributed by atoms with E-state index in [4.69, 9.17) is 23.2 Å². The molecule has 0 amide bonds. The number of halogens is 2. The van der Waals surface area contributed by atoms with Crippen LogP contribution in [-0.2, 0) is 11.2 Å². The number of benzene rings is 1. The van der Waals surface area contributed by atoms with Gasteiger partial charge in [0.15, 0.2) is 0 Å². The Bertz CT molecular complexity index is 498. The molecule has 0 radical (unpaired) electrons. The van der Waals surface area contributed by atoms with Crippen LogP contribution < -0.4 is 0 Å². The van der Waals surface area contributed by atoms with Crippen molar-refractivity contribution in [1.82, 2.24) is 0 Å². The summed E-state index contributed by atoms with van der Waals surface area (Å²) in [5.41, 5.74) is 0.902. The van der Waals surface area contributed by atoms with Crippen LogP contribution in [0, 0.1) is 17.8 Å². The van der Waals surface area contributed by atoms with E-state index in [1.54, 1.807) is 12.1 Å². The molecule has 1 aromatic rings. The fraction of sp³-hybridized carbons (Fsp3) is 0.562. The van der Waals surface area contributed by atoms with Gasteiger partial charge >= 0.3 is 0 Å². The number of Topliss-reactive ketones (excluding diaryl/α,β-unsaturated/α-hetero) is 1. The molecule has 2 aliphatic rings. The zero-order valence-electron chi connectivity index (χ0n) is 10.9. The van der Waals surface area contributed by atoms with Crippen LogP contribution >= 0.6 is 23.2 Å². The van der Waals surface area contributed by atoms with Crippen LogP contribution in [-0.4, -0.2) is 5.78 Å². The molecule has 2 fully saturated rings. The molecule has 2 aliphatic carbocycles. The van der Waals surface area contributed by atoms with Crippen LogP contribution in [0.5, 0.6) is 0 Å². The van der Waals surface area contributed by atoms with Gasteiger partial charge in [0, 0.05) is 22.9 Å². The Morgan fingerprint density at radius 3 is 2.68 bits per heavy atom. The van der Waals surface area contributed by atoms with E-state index < -0.39 is 0 Å². The first-order chi connectivity index (χ1) is 9.11. The van der Waals surface area contributed by atoms with E-state index in [0.29, 0.717) is 28.2 Å². The second-order valence-corrected chi connectivity index (χ2v) is 6.93. The van der Waals surface area contributed by atoms with E-state index >= 15 is 0 Å². The first-order valence-corrected chi connectivity index (χ1v) is 7.83. The largest absolute Gasteiger partial charge is 0.299 e. The molecule has 0 spiro atoms. The van der Waals surface area contributed by atoms with E-state index in [9.17, 15) is 4.79 Å². The summed E-state index contributed by atoms with van der Waals surface area (Å²) in [5, 5.41) is 1.23. The van der Waals surface area contributed by atoms with Crippen molar-refractivity contribution in [2.24, 2.45) is 17.8 Å². The summed E-state index contributed by atoms with van der Waals surface area (Å²) in [6, 6.07) is 5.38. The van der Waals surface area contributed by atoms with Crippen LogP contribution in [0.2, 0.25) is 10.0 Å². The van der Waals surface area contributed by atoms with Crippen LogP contribution in [0.15, 0.2) is 18.2 Å². The molecule has 102 valence electrons. The molecule has 2 bridgehead atoms. The highest BCUT2D eigenvalue weighted by atomic mass is 35.5. The molecular formula is C16H18Cl2O. The van der Waals surface area contributed by atoms with Gasteiger partial charge < -0.3 is 0 Å². The molecule has 3 unspecified atom stereocenters. The lowest BCUT2D eigenvalue weighted by Gasteiger charge is -2.20. The molecule has 0 heterocycles. The monoisotopic (exact) mass is 296 g/mol. The minimum atomic E-state index is 0.321. The standard InChI is InChI=1S/C16H18Cl2O/c17-14-4-3-12(16(18)9-14)7-15(19)8-13-6-10-1-2-11(13)5-10/h3-4,9-11,13H,1-2,5-8H2. The fourth-order valence-electron chi connectivity index (χ4n) is 3.87. The predicted octanol–water partition coefficient (Wildman–Crippen LogP) is 4.93. The first kappa shape index (κ1) is 13.5. The molecule has 19 heavy (non-hydrogen) atoms. The van der Waals surface area contributed by atoms with Crippen LogP contribution in [0.25, 0.3) is 0 Å². The van der Waals surface area contributed by atoms with E-state index in [2.05, 4.69) is 0 Å². The molecule has 1 aromatic carbocycles. The maximum absolute atomic E-state index is 12.2. The van der Waals surface area contributed by atoms with Crippen molar-refractivity contribution in [3.63, 3.8) is 0 Å². The molecule has 0 saturated heterocycles. The van der Waals surface area contributed by atoms with Gasteiger partial charge in [0.2, 0.25) is 0 Å². The Labute approximate surface area is 124 Å². The van der Waals surface area contributed by atoms with Crippen molar-refractivity contribution in [3.8, 4) is 0 Å². The third-order valence-corrected chi connectivity index (χ3v) is 5.36. The van der Waals surface area contributed by atoms with Gasteiger partial charge in [-0.2, -0.15) is 0 Å². The summed E-state index contributed by atoms with van der Waals surface area (Å²) in [6.07, 6.45) is 6.54. The summed E-state index contributed by atoms with van der Waals surface area (Å²) in [6.45, 7) is 0. The van der Waals surface area contributed by atoms with E-state index in [0.717, 1.165) is 23.8 Å². The number of ketones is 1. The van der Waals surface area contributed by atoms with E-state index in [1.165, 1.54) is 25.7 Å². The smallest absolute Gasteiger partial charge is 0.137 e. The van der Waals surface area contributed by atoms with Crippen molar-refractivity contribution in [3.05, 3.63) is 33.8 Å². The molecule has 3 atom stereocenters. The zero-order chi connectivity index (χ0) is 13.4. The molecule has 0 aromatic heterocycles. The molecular weight excluding hydrogens is 279 g/mol. The van der Waals surface area contributed by atoms with Crippen LogP contribution in [0.3, 0.4) is 0 Å². The number of rotatable bonds is 4. The Kier molecular flexibility index (Phi) is 3.86. The van der Waals surface area contributed by atoms with Crippen molar-refractivity contribution in [2.75, 3.05) is 0 Å². The highest BCUT2D eigenvalue weighted by molar-refractivity contribution is 6.35. The fourth-order valence-corrected chi connectivity index (χ4v) is 4.34. The topological polar surface area (TPSA) is 17.1 Å². The number of carbonyl (C=O) groups is 1. The third-order valence-electron chi connectivity index (χ3n) is 4.78. The Morgan fingerprint density at radius 1 is 1.21 bits per heavy atom. The van der Waals surface area contributed by atoms with Crippen molar-refractivity contribution >= 4 is 29.0 Å². The lowest BCUT2D eigenvalue weighted by atomic mass is 9.84. The minimum Gasteiger partial charge on any atom is -0.299 e. The maximum atomic E-state index is 12.2. The summed E-state index contributed by atoms with van der Waals surface area (Å²) >= 11 is 12.0. The maximum Gasteiger partial charge on any atom is 0.137 e. The first-order valence-electron chi connectivity index (χ1n) is 7.07. The predicted molar refractivity (Wildman–Crippen MR) is 78.7 cm³/mol. The van der Waals surface area contributed by atoms with E-state index in [1.807, 2.05) is 6.07 Å². The highest BCUT2D eigenvalue weighted by Gasteiger charge is 2.39. The lowest BCUT2D eigenvalue weighted by molar-refractivity contribution is -0.119. The third kappa shape index (κ3) is 2.98. The lowest BCUT2D eigenvalue weighted by Crippen LogP contribution is -2.16. The Balaban J connectivity index is 1.59. The molecule has 2 saturated carbocycles. The average Bonchev–Trinajstić information content (AvgIpc) is 2.95. The Morgan fingerprint density at radius 2 is 2.05 bits per heavy atom. The van der Waals surface area contributed by atoms with E-state index in [-0.39, 0.29) is 0 Å². The summed E-state index contributed by atoms with van der Waals surface area (Å²) in [5.74, 6) is 2.68. The Hall–Kier alpha value is -0.530. The summed E-state index contributed by atoms with van der Waals surface area (Å²) < 4.78 is 0. The van der Waals surface area contributed by atoms with Gasteiger partial charge in [0.05, 0.1) is 0 Å². The van der Waals surface area contributed by atoms with Gasteiger partial charge in [-0.25, -0.2) is 0 Å². The van der Waals surface area contributed by atoms with Crippen molar-refractivity contribution in [2.45, 2.75) is 38.5 Å². The van der Waals surface area contributed by atoms with Gasteiger partial charge in [0.25, 0.3) is 0 Å². The SMILES string of the molecule is O=C(Cc1ccc(Cl)cc1Cl)CC1CC2CCC1C2. The van der Waals surface area contributed by atoms with Crippen molar-refractivity contribution in [1.29, 1.82) is 0 Å². The molecule has 0 N–H and O–H groups in total. The number of carbonyl (C=O) groups excluding carboxylic acids is 1. The molecule has 3 heteroatoms. The van der Waals surface area contributed by atoms with Gasteiger partial charge in [-0.3, -0.25) is 4.79 Å². The second-order valence-electron chi connectivity index (χ2n) is 6.09. The van der Waals surface area contributed by atoms with Gasteiger partial charge in [0.1, 0.15) is 5.78 Å². The van der Waals surface area contributed by atoms with Crippen LogP contribution in [0.1, 0.15) is 37.7 Å². The molecule has 1 nitrogen and oxygen atoms in total. The number of hydrogen-bond donors (Lipinski definition) is 0. The average molecular weight is 297 g/mol. The van der Waals surface area contributed by atoms with Crippen LogP contribution in [0.4, 0.5) is 0 Å².